The van der Waals surface area contributed by atoms with Crippen LogP contribution in [0.25, 0.3) is 0 Å². The van der Waals surface area contributed by atoms with Crippen molar-refractivity contribution < 1.29 is 9.47 Å². The summed E-state index contributed by atoms with van der Waals surface area (Å²) in [6.45, 7) is 8.39. The number of morpholine rings is 1. The zero-order valence-electron chi connectivity index (χ0n) is 11.1. The molecule has 1 saturated heterocycles. The second-order valence-electron chi connectivity index (χ2n) is 4.27. The van der Waals surface area contributed by atoms with Crippen LogP contribution in [0.1, 0.15) is 19.4 Å². The van der Waals surface area contributed by atoms with Gasteiger partial charge in [0.2, 0.25) is 5.79 Å². The average molecular weight is 272 g/mol. The molecule has 3 nitrogen and oxygen atoms in total. The summed E-state index contributed by atoms with van der Waals surface area (Å²) in [4.78, 5) is 2.37. The molecule has 1 atom stereocenters. The third-order valence-electron chi connectivity index (χ3n) is 3.21. The van der Waals surface area contributed by atoms with Crippen LogP contribution in [0.5, 0.6) is 0 Å². The van der Waals surface area contributed by atoms with E-state index in [4.69, 9.17) is 9.47 Å². The smallest absolute Gasteiger partial charge is 0.208 e. The summed E-state index contributed by atoms with van der Waals surface area (Å²) in [5.74, 6) is -0.579. The van der Waals surface area contributed by atoms with Crippen LogP contribution in [0.4, 0.5) is 0 Å². The third-order valence-corrected chi connectivity index (χ3v) is 3.21. The summed E-state index contributed by atoms with van der Waals surface area (Å²) in [6, 6.07) is 10.2. The second-order valence-corrected chi connectivity index (χ2v) is 4.27. The Morgan fingerprint density at radius 3 is 2.61 bits per heavy atom. The van der Waals surface area contributed by atoms with Crippen LogP contribution in [-0.2, 0) is 15.3 Å². The molecule has 1 aromatic carbocycles. The molecule has 0 spiro atoms. The minimum Gasteiger partial charge on any atom is -0.345 e. The summed E-state index contributed by atoms with van der Waals surface area (Å²) >= 11 is 0. The highest BCUT2D eigenvalue weighted by molar-refractivity contribution is 5.85. The maximum Gasteiger partial charge on any atom is 0.208 e. The number of ether oxygens (including phenoxy) is 2. The molecule has 1 aliphatic heterocycles. The van der Waals surface area contributed by atoms with Gasteiger partial charge in [0, 0.05) is 18.7 Å². The van der Waals surface area contributed by atoms with Gasteiger partial charge in [-0.2, -0.15) is 0 Å². The monoisotopic (exact) mass is 271 g/mol. The molecule has 18 heavy (non-hydrogen) atoms. The van der Waals surface area contributed by atoms with Gasteiger partial charge in [-0.1, -0.05) is 37.3 Å². The van der Waals surface area contributed by atoms with Crippen molar-refractivity contribution in [2.75, 3.05) is 32.8 Å². The Hall–Kier alpha value is -0.610. The molecule has 1 unspecified atom stereocenters. The Balaban J connectivity index is 0.00000162. The molecule has 4 heteroatoms. The minimum atomic E-state index is -0.579. The number of likely N-dealkylation sites (N-methyl/N-ethyl adjacent to an activating group) is 1. The van der Waals surface area contributed by atoms with Crippen molar-refractivity contribution in [3.8, 4) is 0 Å². The Morgan fingerprint density at radius 2 is 2.00 bits per heavy atom. The Kier molecular flexibility index (Phi) is 6.09. The molecule has 1 heterocycles. The topological polar surface area (TPSA) is 21.7 Å². The molecular formula is C14H22ClNO2. The molecule has 0 saturated carbocycles. The summed E-state index contributed by atoms with van der Waals surface area (Å²) in [6.07, 6.45) is 0. The quantitative estimate of drug-likeness (QED) is 0.840. The Bertz CT molecular complexity index is 343. The Labute approximate surface area is 115 Å². The van der Waals surface area contributed by atoms with Crippen LogP contribution < -0.4 is 0 Å². The van der Waals surface area contributed by atoms with Crippen molar-refractivity contribution in [1.82, 2.24) is 4.90 Å². The first-order valence-electron chi connectivity index (χ1n) is 6.36. The van der Waals surface area contributed by atoms with E-state index in [2.05, 4.69) is 24.0 Å². The van der Waals surface area contributed by atoms with Crippen LogP contribution in [-0.4, -0.2) is 37.7 Å². The van der Waals surface area contributed by atoms with Gasteiger partial charge in [0.05, 0.1) is 13.2 Å². The molecule has 0 aliphatic carbocycles. The lowest BCUT2D eigenvalue weighted by Crippen LogP contribution is -2.51. The van der Waals surface area contributed by atoms with Gasteiger partial charge in [0.15, 0.2) is 0 Å². The first kappa shape index (κ1) is 15.4. The number of hydrogen-bond acceptors (Lipinski definition) is 3. The molecule has 0 amide bonds. The van der Waals surface area contributed by atoms with Gasteiger partial charge in [-0.05, 0) is 13.5 Å². The predicted octanol–water partition coefficient (Wildman–Crippen LogP) is 2.65. The van der Waals surface area contributed by atoms with Gasteiger partial charge in [-0.25, -0.2) is 0 Å². The van der Waals surface area contributed by atoms with Crippen molar-refractivity contribution in [2.24, 2.45) is 0 Å². The molecule has 1 aromatic rings. The van der Waals surface area contributed by atoms with E-state index in [1.807, 2.05) is 25.1 Å². The summed E-state index contributed by atoms with van der Waals surface area (Å²) < 4.78 is 11.9. The molecule has 1 aliphatic rings. The van der Waals surface area contributed by atoms with Crippen molar-refractivity contribution in [3.05, 3.63) is 35.9 Å². The van der Waals surface area contributed by atoms with E-state index in [9.17, 15) is 0 Å². The largest absolute Gasteiger partial charge is 0.345 e. The highest BCUT2D eigenvalue weighted by Crippen LogP contribution is 2.31. The van der Waals surface area contributed by atoms with Crippen molar-refractivity contribution in [3.63, 3.8) is 0 Å². The van der Waals surface area contributed by atoms with Crippen molar-refractivity contribution in [1.29, 1.82) is 0 Å². The maximum atomic E-state index is 5.96. The number of benzene rings is 1. The molecule has 0 bridgehead atoms. The lowest BCUT2D eigenvalue weighted by molar-refractivity contribution is -0.274. The van der Waals surface area contributed by atoms with Gasteiger partial charge in [-0.15, -0.1) is 12.4 Å². The second kappa shape index (κ2) is 7.10. The lowest BCUT2D eigenvalue weighted by atomic mass is 10.0. The van der Waals surface area contributed by atoms with Crippen molar-refractivity contribution >= 4 is 12.4 Å². The van der Waals surface area contributed by atoms with E-state index >= 15 is 0 Å². The highest BCUT2D eigenvalue weighted by atomic mass is 35.5. The lowest BCUT2D eigenvalue weighted by Gasteiger charge is -2.42. The molecule has 0 aromatic heterocycles. The fourth-order valence-electron chi connectivity index (χ4n) is 2.30. The molecular weight excluding hydrogens is 250 g/mol. The summed E-state index contributed by atoms with van der Waals surface area (Å²) in [5.41, 5.74) is 1.11. The molecule has 2 rings (SSSR count). The first-order chi connectivity index (χ1) is 8.30. The highest BCUT2D eigenvalue weighted by Gasteiger charge is 2.38. The summed E-state index contributed by atoms with van der Waals surface area (Å²) in [5, 5.41) is 0. The van der Waals surface area contributed by atoms with E-state index < -0.39 is 5.79 Å². The van der Waals surface area contributed by atoms with Gasteiger partial charge in [-0.3, -0.25) is 4.90 Å². The fraction of sp³-hybridized carbons (Fsp3) is 0.571. The number of rotatable bonds is 4. The van der Waals surface area contributed by atoms with Crippen LogP contribution >= 0.6 is 12.4 Å². The van der Waals surface area contributed by atoms with E-state index in [1.54, 1.807) is 0 Å². The molecule has 0 N–H and O–H groups in total. The molecule has 102 valence electrons. The first-order valence-corrected chi connectivity index (χ1v) is 6.36. The van der Waals surface area contributed by atoms with E-state index in [-0.39, 0.29) is 12.4 Å². The number of nitrogens with zero attached hydrogens (tertiary/aromatic N) is 1. The van der Waals surface area contributed by atoms with E-state index in [0.29, 0.717) is 6.61 Å². The van der Waals surface area contributed by atoms with Crippen LogP contribution in [0.15, 0.2) is 30.3 Å². The SMILES string of the molecule is CCOC1(c2ccccc2)CN(CC)CCO1.Cl. The van der Waals surface area contributed by atoms with Crippen molar-refractivity contribution in [2.45, 2.75) is 19.6 Å². The van der Waals surface area contributed by atoms with Crippen LogP contribution in [0, 0.1) is 0 Å². The standard InChI is InChI=1S/C14H21NO2.ClH/c1-3-15-10-11-17-14(12-15,16-4-2)13-8-6-5-7-9-13;/h5-9H,3-4,10-12H2,1-2H3;1H. The van der Waals surface area contributed by atoms with Crippen LogP contribution in [0.3, 0.4) is 0 Å². The zero-order valence-corrected chi connectivity index (χ0v) is 11.9. The van der Waals surface area contributed by atoms with Gasteiger partial charge >= 0.3 is 0 Å². The molecule has 0 radical (unpaired) electrons. The van der Waals surface area contributed by atoms with E-state index in [1.165, 1.54) is 0 Å². The zero-order chi connectivity index (χ0) is 12.1. The maximum absolute atomic E-state index is 5.96. The van der Waals surface area contributed by atoms with Gasteiger partial charge in [0.25, 0.3) is 0 Å². The summed E-state index contributed by atoms with van der Waals surface area (Å²) in [7, 11) is 0. The average Bonchev–Trinajstić information content (AvgIpc) is 2.40. The Morgan fingerprint density at radius 1 is 1.28 bits per heavy atom. The van der Waals surface area contributed by atoms with Gasteiger partial charge < -0.3 is 9.47 Å². The number of hydrogen-bond donors (Lipinski definition) is 0. The van der Waals surface area contributed by atoms with Gasteiger partial charge in [0.1, 0.15) is 0 Å². The molecule has 1 fully saturated rings. The third kappa shape index (κ3) is 3.23. The van der Waals surface area contributed by atoms with E-state index in [0.717, 1.165) is 31.8 Å². The predicted molar refractivity (Wildman–Crippen MR) is 75.1 cm³/mol. The minimum absolute atomic E-state index is 0. The normalized spacial score (nSPS) is 24.6. The number of halogens is 1. The van der Waals surface area contributed by atoms with Crippen LogP contribution in [0.2, 0.25) is 0 Å². The fourth-order valence-corrected chi connectivity index (χ4v) is 2.30.